The van der Waals surface area contributed by atoms with Gasteiger partial charge in [-0.3, -0.25) is 4.79 Å². The van der Waals surface area contributed by atoms with Crippen molar-refractivity contribution in [3.05, 3.63) is 0 Å². The van der Waals surface area contributed by atoms with Gasteiger partial charge in [0.2, 0.25) is 0 Å². The largest absolute Gasteiger partial charge is 0.480 e. The van der Waals surface area contributed by atoms with Crippen molar-refractivity contribution in [2.24, 2.45) is 11.3 Å². The lowest BCUT2D eigenvalue weighted by Crippen LogP contribution is -2.31. The van der Waals surface area contributed by atoms with Crippen molar-refractivity contribution in [1.82, 2.24) is 0 Å². The molecule has 0 saturated heterocycles. The third-order valence-electron chi connectivity index (χ3n) is 2.04. The van der Waals surface area contributed by atoms with Gasteiger partial charge in [0, 0.05) is 0 Å². The van der Waals surface area contributed by atoms with Gasteiger partial charge in [0.15, 0.2) is 0 Å². The summed E-state index contributed by atoms with van der Waals surface area (Å²) in [6, 6.07) is 0. The topological polar surface area (TPSA) is 37.3 Å². The minimum Gasteiger partial charge on any atom is -0.480 e. The number of alkyl halides is 1. The summed E-state index contributed by atoms with van der Waals surface area (Å²) in [5.74, 6) is -0.962. The van der Waals surface area contributed by atoms with Gasteiger partial charge in [-0.2, -0.15) is 0 Å². The van der Waals surface area contributed by atoms with Crippen molar-refractivity contribution in [2.45, 2.75) is 33.1 Å². The minimum absolute atomic E-state index is 0.0262. The summed E-state index contributed by atoms with van der Waals surface area (Å²) in [5, 5.41) is 7.80. The molecule has 1 N–H and O–H groups in total. The Labute approximate surface area is 72.6 Å². The number of rotatable bonds is 2. The first kappa shape index (κ1) is 10.8. The molecule has 3 heteroatoms. The van der Waals surface area contributed by atoms with Crippen LogP contribution in [0.4, 0.5) is 0 Å². The second-order valence-corrected chi connectivity index (χ2v) is 4.36. The lowest BCUT2D eigenvalue weighted by molar-refractivity contribution is -0.138. The monoisotopic (exact) mass is 178 g/mol. The molecule has 2 nitrogen and oxygen atoms in total. The van der Waals surface area contributed by atoms with E-state index in [0.29, 0.717) is 0 Å². The van der Waals surface area contributed by atoms with Crippen molar-refractivity contribution in [1.29, 1.82) is 0 Å². The van der Waals surface area contributed by atoms with Crippen LogP contribution >= 0.6 is 11.6 Å². The third kappa shape index (κ3) is 3.10. The van der Waals surface area contributed by atoms with E-state index in [1.54, 1.807) is 0 Å². The van der Waals surface area contributed by atoms with E-state index >= 15 is 0 Å². The molecule has 0 aliphatic carbocycles. The van der Waals surface area contributed by atoms with Crippen LogP contribution in [0.3, 0.4) is 0 Å². The zero-order valence-electron chi connectivity index (χ0n) is 7.39. The molecular weight excluding hydrogens is 164 g/mol. The molecule has 0 spiro atoms. The Morgan fingerprint density at radius 3 is 1.91 bits per heavy atom. The fourth-order valence-corrected chi connectivity index (χ4v) is 1.03. The van der Waals surface area contributed by atoms with Gasteiger partial charge in [-0.05, 0) is 11.3 Å². The van der Waals surface area contributed by atoms with Gasteiger partial charge in [0.1, 0.15) is 5.38 Å². The van der Waals surface area contributed by atoms with Crippen molar-refractivity contribution >= 4 is 17.6 Å². The molecule has 0 rings (SSSR count). The Bertz CT molecular complexity index is 149. The average Bonchev–Trinajstić information content (AvgIpc) is 1.82. The molecule has 0 saturated carbocycles. The maximum absolute atomic E-state index is 10.5. The summed E-state index contributed by atoms with van der Waals surface area (Å²) >= 11 is 5.65. The molecule has 2 unspecified atom stereocenters. The lowest BCUT2D eigenvalue weighted by atomic mass is 9.80. The highest BCUT2D eigenvalue weighted by Crippen LogP contribution is 2.30. The first-order valence-electron chi connectivity index (χ1n) is 3.63. The molecule has 0 bridgehead atoms. The van der Waals surface area contributed by atoms with Crippen molar-refractivity contribution in [2.75, 3.05) is 0 Å². The maximum atomic E-state index is 10.5. The van der Waals surface area contributed by atoms with Gasteiger partial charge in [-0.15, -0.1) is 11.6 Å². The fraction of sp³-hybridized carbons (Fsp3) is 0.875. The van der Waals surface area contributed by atoms with Gasteiger partial charge in [-0.25, -0.2) is 0 Å². The van der Waals surface area contributed by atoms with Gasteiger partial charge in [0.25, 0.3) is 0 Å². The van der Waals surface area contributed by atoms with Crippen LogP contribution in [0.5, 0.6) is 0 Å². The minimum atomic E-state index is -0.936. The summed E-state index contributed by atoms with van der Waals surface area (Å²) in [7, 11) is 0. The van der Waals surface area contributed by atoms with Crippen molar-refractivity contribution in [3.63, 3.8) is 0 Å². The maximum Gasteiger partial charge on any atom is 0.321 e. The lowest BCUT2D eigenvalue weighted by Gasteiger charge is -2.28. The first-order valence-corrected chi connectivity index (χ1v) is 4.07. The molecule has 0 heterocycles. The predicted molar refractivity (Wildman–Crippen MR) is 45.9 cm³/mol. The predicted octanol–water partition coefficient (Wildman–Crippen LogP) is 2.36. The number of hydrogen-bond donors (Lipinski definition) is 1. The molecule has 66 valence electrons. The number of carboxylic acids is 1. The summed E-state index contributed by atoms with van der Waals surface area (Å²) in [5.41, 5.74) is -0.0508. The van der Waals surface area contributed by atoms with E-state index in [4.69, 9.17) is 16.7 Å². The van der Waals surface area contributed by atoms with Crippen LogP contribution in [0.25, 0.3) is 0 Å². The normalized spacial score (nSPS) is 17.5. The van der Waals surface area contributed by atoms with E-state index in [-0.39, 0.29) is 11.3 Å². The SMILES string of the molecule is CC(C(Cl)C(=O)O)C(C)(C)C. The average molecular weight is 179 g/mol. The number of carbonyl (C=O) groups is 1. The number of carboxylic acid groups (broad SMARTS) is 1. The number of hydrogen-bond acceptors (Lipinski definition) is 1. The second-order valence-electron chi connectivity index (χ2n) is 3.89. The molecule has 0 aliphatic rings. The standard InChI is InChI=1S/C8H15ClO2/c1-5(8(2,3)4)6(9)7(10)11/h5-6H,1-4H3,(H,10,11). The van der Waals surface area contributed by atoms with Gasteiger partial charge < -0.3 is 5.11 Å². The zero-order valence-corrected chi connectivity index (χ0v) is 8.14. The van der Waals surface area contributed by atoms with E-state index in [1.807, 2.05) is 27.7 Å². The fourth-order valence-electron chi connectivity index (χ4n) is 0.653. The molecular formula is C8H15ClO2. The van der Waals surface area contributed by atoms with Crippen molar-refractivity contribution < 1.29 is 9.90 Å². The molecule has 0 fully saturated rings. The Morgan fingerprint density at radius 1 is 1.45 bits per heavy atom. The molecule has 0 aromatic rings. The smallest absolute Gasteiger partial charge is 0.321 e. The van der Waals surface area contributed by atoms with Crippen LogP contribution in [0.15, 0.2) is 0 Å². The molecule has 0 aliphatic heterocycles. The summed E-state index contributed by atoms with van der Waals surface area (Å²) in [4.78, 5) is 10.5. The molecule has 0 aromatic carbocycles. The van der Waals surface area contributed by atoms with Gasteiger partial charge in [0.05, 0.1) is 0 Å². The van der Waals surface area contributed by atoms with E-state index in [9.17, 15) is 4.79 Å². The Hall–Kier alpha value is -0.240. The van der Waals surface area contributed by atoms with Crippen molar-refractivity contribution in [3.8, 4) is 0 Å². The van der Waals surface area contributed by atoms with Crippen LogP contribution in [0.2, 0.25) is 0 Å². The van der Waals surface area contributed by atoms with E-state index in [2.05, 4.69) is 0 Å². The third-order valence-corrected chi connectivity index (χ3v) is 2.61. The summed E-state index contributed by atoms with van der Waals surface area (Å²) in [6.07, 6.45) is 0. The van der Waals surface area contributed by atoms with Crippen LogP contribution < -0.4 is 0 Å². The summed E-state index contributed by atoms with van der Waals surface area (Å²) < 4.78 is 0. The van der Waals surface area contributed by atoms with E-state index in [1.165, 1.54) is 0 Å². The van der Waals surface area contributed by atoms with E-state index < -0.39 is 11.3 Å². The first-order chi connectivity index (χ1) is 4.76. The summed E-state index contributed by atoms with van der Waals surface area (Å²) in [6.45, 7) is 7.80. The number of halogens is 1. The highest BCUT2D eigenvalue weighted by Gasteiger charge is 2.31. The second kappa shape index (κ2) is 3.44. The Morgan fingerprint density at radius 2 is 1.82 bits per heavy atom. The quantitative estimate of drug-likeness (QED) is 0.660. The molecule has 11 heavy (non-hydrogen) atoms. The highest BCUT2D eigenvalue weighted by molar-refractivity contribution is 6.29. The van der Waals surface area contributed by atoms with Gasteiger partial charge in [-0.1, -0.05) is 27.7 Å². The van der Waals surface area contributed by atoms with Crippen LogP contribution in [0, 0.1) is 11.3 Å². The highest BCUT2D eigenvalue weighted by atomic mass is 35.5. The molecule has 0 amide bonds. The van der Waals surface area contributed by atoms with Gasteiger partial charge >= 0.3 is 5.97 Å². The number of aliphatic carboxylic acids is 1. The van der Waals surface area contributed by atoms with E-state index in [0.717, 1.165) is 0 Å². The zero-order chi connectivity index (χ0) is 9.23. The Kier molecular flexibility index (Phi) is 3.36. The molecule has 0 aromatic heterocycles. The molecule has 2 atom stereocenters. The Balaban J connectivity index is 4.25. The van der Waals surface area contributed by atoms with Crippen LogP contribution in [0.1, 0.15) is 27.7 Å². The van der Waals surface area contributed by atoms with Crippen LogP contribution in [-0.4, -0.2) is 16.5 Å². The van der Waals surface area contributed by atoms with Crippen LogP contribution in [-0.2, 0) is 4.79 Å². The molecule has 0 radical (unpaired) electrons.